The van der Waals surface area contributed by atoms with E-state index in [1.54, 1.807) is 0 Å². The molecule has 5 nitrogen and oxygen atoms in total. The largest absolute Gasteiger partial charge is 0.455 e. The molecule has 0 N–H and O–H groups in total. The molecule has 3 aromatic heterocycles. The quantitative estimate of drug-likeness (QED) is 0.184. The summed E-state index contributed by atoms with van der Waals surface area (Å²) in [5.41, 5.74) is 10.8. The molecule has 0 unspecified atom stereocenters. The summed E-state index contributed by atoms with van der Waals surface area (Å²) in [6.07, 6.45) is 0. The van der Waals surface area contributed by atoms with Crippen LogP contribution in [0.2, 0.25) is 0 Å². The smallest absolute Gasteiger partial charge is 0.188 e. The van der Waals surface area contributed by atoms with E-state index in [1.807, 2.05) is 54.6 Å². The summed E-state index contributed by atoms with van der Waals surface area (Å²) in [4.78, 5) is 3.69. The number of furan rings is 1. The van der Waals surface area contributed by atoms with Crippen molar-refractivity contribution in [1.29, 1.82) is 5.26 Å². The summed E-state index contributed by atoms with van der Waals surface area (Å²) in [5.74, 6) is 0. The Morgan fingerprint density at radius 3 is 2.12 bits per heavy atom. The molecule has 226 valence electrons. The lowest BCUT2D eigenvalue weighted by Gasteiger charge is -2.17. The van der Waals surface area contributed by atoms with Crippen molar-refractivity contribution in [3.63, 3.8) is 0 Å². The molecular weight excluding hydrogens is 601 g/mol. The van der Waals surface area contributed by atoms with Gasteiger partial charge in [0, 0.05) is 32.8 Å². The topological polar surface area (TPSA) is 51.1 Å². The molecule has 0 amide bonds. The fourth-order valence-corrected chi connectivity index (χ4v) is 7.70. The van der Waals surface area contributed by atoms with Crippen molar-refractivity contribution in [3.8, 4) is 28.6 Å². The van der Waals surface area contributed by atoms with E-state index in [2.05, 4.69) is 111 Å². The zero-order valence-corrected chi connectivity index (χ0v) is 26.1. The molecule has 0 fully saturated rings. The highest BCUT2D eigenvalue weighted by molar-refractivity contribution is 6.24. The molecule has 0 saturated carbocycles. The number of nitrogens with zero attached hydrogens (tertiary/aromatic N) is 4. The van der Waals surface area contributed by atoms with E-state index < -0.39 is 0 Å². The SMILES string of the molecule is [C-]#[N+]c1ccc2c(c1)c1ccccc1n2-c1c(C#N)cccc1-c1cccc(-n2c3ccccc3c3c4oc5ccccc5c4ccc32)c1. The summed E-state index contributed by atoms with van der Waals surface area (Å²) in [7, 11) is 0. The van der Waals surface area contributed by atoms with E-state index in [0.29, 0.717) is 11.3 Å². The van der Waals surface area contributed by atoms with Crippen LogP contribution in [0.3, 0.4) is 0 Å². The Balaban J connectivity index is 1.25. The first-order valence-corrected chi connectivity index (χ1v) is 16.1. The third kappa shape index (κ3) is 3.79. The van der Waals surface area contributed by atoms with Crippen molar-refractivity contribution < 1.29 is 4.42 Å². The molecule has 5 heteroatoms. The molecule has 49 heavy (non-hydrogen) atoms. The molecule has 0 aliphatic carbocycles. The number of hydrogen-bond acceptors (Lipinski definition) is 2. The Morgan fingerprint density at radius 1 is 0.571 bits per heavy atom. The molecule has 0 bridgehead atoms. The molecule has 0 radical (unpaired) electrons. The van der Waals surface area contributed by atoms with Gasteiger partial charge in [0.25, 0.3) is 0 Å². The predicted octanol–water partition coefficient (Wildman–Crippen LogP) is 11.9. The molecule has 0 aliphatic heterocycles. The molecule has 10 rings (SSSR count). The molecule has 0 saturated heterocycles. The fraction of sp³-hybridized carbons (Fsp3) is 0. The minimum atomic E-state index is 0.573. The summed E-state index contributed by atoms with van der Waals surface area (Å²) in [6, 6.07) is 52.0. The Hall–Kier alpha value is -7.08. The van der Waals surface area contributed by atoms with Gasteiger partial charge in [-0.25, -0.2) is 4.85 Å². The van der Waals surface area contributed by atoms with Crippen LogP contribution in [0.25, 0.3) is 92.9 Å². The fourth-order valence-electron chi connectivity index (χ4n) is 7.70. The number of aromatic nitrogens is 2. The summed E-state index contributed by atoms with van der Waals surface area (Å²) < 4.78 is 11.0. The van der Waals surface area contributed by atoms with Gasteiger partial charge >= 0.3 is 0 Å². The first kappa shape index (κ1) is 27.1. The van der Waals surface area contributed by atoms with E-state index >= 15 is 0 Å². The summed E-state index contributed by atoms with van der Waals surface area (Å²) in [6.45, 7) is 7.62. The molecular formula is C44H24N4O. The van der Waals surface area contributed by atoms with Gasteiger partial charge in [-0.3, -0.25) is 0 Å². The van der Waals surface area contributed by atoms with Gasteiger partial charge < -0.3 is 13.6 Å². The van der Waals surface area contributed by atoms with Gasteiger partial charge in [-0.05, 0) is 71.6 Å². The number of rotatable bonds is 3. The van der Waals surface area contributed by atoms with Crippen LogP contribution < -0.4 is 0 Å². The molecule has 3 heterocycles. The van der Waals surface area contributed by atoms with E-state index in [4.69, 9.17) is 11.0 Å². The van der Waals surface area contributed by atoms with Crippen molar-refractivity contribution in [2.24, 2.45) is 0 Å². The van der Waals surface area contributed by atoms with Crippen LogP contribution in [-0.4, -0.2) is 9.13 Å². The van der Waals surface area contributed by atoms with E-state index in [9.17, 15) is 5.26 Å². The van der Waals surface area contributed by atoms with Crippen molar-refractivity contribution in [2.45, 2.75) is 0 Å². The van der Waals surface area contributed by atoms with Crippen LogP contribution in [0.1, 0.15) is 5.56 Å². The van der Waals surface area contributed by atoms with E-state index in [1.165, 1.54) is 0 Å². The second-order valence-corrected chi connectivity index (χ2v) is 12.3. The lowest BCUT2D eigenvalue weighted by molar-refractivity contribution is 0.673. The van der Waals surface area contributed by atoms with E-state index in [-0.39, 0.29) is 0 Å². The van der Waals surface area contributed by atoms with Crippen LogP contribution in [-0.2, 0) is 0 Å². The van der Waals surface area contributed by atoms with Crippen LogP contribution in [0.5, 0.6) is 0 Å². The highest BCUT2D eigenvalue weighted by Gasteiger charge is 2.21. The Kier molecular flexibility index (Phi) is 5.64. The molecule has 0 aliphatic rings. The highest BCUT2D eigenvalue weighted by atomic mass is 16.3. The maximum Gasteiger partial charge on any atom is 0.188 e. The zero-order chi connectivity index (χ0) is 32.6. The zero-order valence-electron chi connectivity index (χ0n) is 26.1. The molecule has 10 aromatic rings. The minimum absolute atomic E-state index is 0.573. The first-order valence-electron chi connectivity index (χ1n) is 16.1. The summed E-state index contributed by atoms with van der Waals surface area (Å²) in [5, 5.41) is 16.9. The van der Waals surface area contributed by atoms with Gasteiger partial charge in [0.1, 0.15) is 17.2 Å². The average Bonchev–Trinajstić information content (AvgIpc) is 3.82. The molecule has 7 aromatic carbocycles. The first-order chi connectivity index (χ1) is 24.2. The second kappa shape index (κ2) is 10.2. The minimum Gasteiger partial charge on any atom is -0.455 e. The van der Waals surface area contributed by atoms with Gasteiger partial charge in [-0.15, -0.1) is 0 Å². The monoisotopic (exact) mass is 624 g/mol. The molecule has 0 atom stereocenters. The third-order valence-electron chi connectivity index (χ3n) is 9.76. The van der Waals surface area contributed by atoms with Crippen LogP contribution in [0, 0.1) is 17.9 Å². The van der Waals surface area contributed by atoms with Crippen molar-refractivity contribution in [3.05, 3.63) is 163 Å². The second-order valence-electron chi connectivity index (χ2n) is 12.3. The number of nitriles is 1. The van der Waals surface area contributed by atoms with Gasteiger partial charge in [0.2, 0.25) is 0 Å². The Morgan fingerprint density at radius 2 is 1.29 bits per heavy atom. The van der Waals surface area contributed by atoms with Crippen molar-refractivity contribution in [2.75, 3.05) is 0 Å². The normalized spacial score (nSPS) is 11.6. The van der Waals surface area contributed by atoms with Gasteiger partial charge in [0.05, 0.1) is 45.3 Å². The van der Waals surface area contributed by atoms with Crippen LogP contribution in [0.4, 0.5) is 5.69 Å². The lowest BCUT2D eigenvalue weighted by atomic mass is 9.99. The van der Waals surface area contributed by atoms with E-state index in [0.717, 1.165) is 88.1 Å². The number of hydrogen-bond donors (Lipinski definition) is 0. The van der Waals surface area contributed by atoms with Gasteiger partial charge in [0.15, 0.2) is 5.69 Å². The van der Waals surface area contributed by atoms with Crippen LogP contribution >= 0.6 is 0 Å². The number of para-hydroxylation sites is 4. The Bertz CT molecular complexity index is 3090. The predicted molar refractivity (Wildman–Crippen MR) is 199 cm³/mol. The number of benzene rings is 7. The van der Waals surface area contributed by atoms with Crippen LogP contribution in [0.15, 0.2) is 150 Å². The maximum atomic E-state index is 10.5. The third-order valence-corrected chi connectivity index (χ3v) is 9.76. The lowest BCUT2D eigenvalue weighted by Crippen LogP contribution is -2.01. The highest BCUT2D eigenvalue weighted by Crippen LogP contribution is 2.42. The maximum absolute atomic E-state index is 10.5. The van der Waals surface area contributed by atoms with Gasteiger partial charge in [-0.1, -0.05) is 84.9 Å². The molecule has 0 spiro atoms. The van der Waals surface area contributed by atoms with Gasteiger partial charge in [-0.2, -0.15) is 5.26 Å². The standard InChI is InChI=1S/C44H24N4O/c1-46-29-20-22-39-36(25-29)32-13-2-5-17-37(32)48(39)43-28(26-45)11-9-16-31(43)27-10-8-12-30(24-27)47-38-18-6-3-15-35(38)42-40(47)23-21-34-33-14-4-7-19-41(33)49-44(34)42/h2-25H. The van der Waals surface area contributed by atoms with Crippen molar-refractivity contribution >= 4 is 71.2 Å². The number of fused-ring (bicyclic) bond motifs is 10. The van der Waals surface area contributed by atoms with Crippen molar-refractivity contribution in [1.82, 2.24) is 9.13 Å². The average molecular weight is 625 g/mol. The Labute approximate surface area is 280 Å². The summed E-state index contributed by atoms with van der Waals surface area (Å²) >= 11 is 0.